The average molecular weight is 765 g/mol. The number of likely N-dealkylation sites (tertiary alicyclic amines) is 1. The van der Waals surface area contributed by atoms with E-state index < -0.39 is 0 Å². The second kappa shape index (κ2) is 16.2. The van der Waals surface area contributed by atoms with Gasteiger partial charge in [-0.3, -0.25) is 19.8 Å². The van der Waals surface area contributed by atoms with Gasteiger partial charge in [0.15, 0.2) is 11.5 Å². The standard InChI is InChI=1S/C40H45ClN10O4/c41-33-23-31(4-1-27(33)24-42)55-30-5-2-28(3-6-30)44-39(53)34-7-8-36(47-46-34)49-19-10-26(11-20-49)25-48-17-12-29(13-18-48)50-21-14-32-35(9-16-43-38(32)50)51-22-15-37(52)45-40(51)54/h1,4,7-9,14,16,21,23,26,28-30H,2-3,5-6,10-13,15,17-20,22,25H2,(H,44,53)(H,45,52,54). The molecule has 0 radical (unpaired) electrons. The number of hydrogen-bond donors (Lipinski definition) is 2. The molecule has 0 spiro atoms. The molecule has 8 rings (SSSR count). The predicted molar refractivity (Wildman–Crippen MR) is 207 cm³/mol. The van der Waals surface area contributed by atoms with Crippen LogP contribution in [0, 0.1) is 17.2 Å². The molecule has 286 valence electrons. The Bertz CT molecular complexity index is 2080. The van der Waals surface area contributed by atoms with Gasteiger partial charge in [0.05, 0.1) is 22.4 Å². The summed E-state index contributed by atoms with van der Waals surface area (Å²) in [5.74, 6) is 1.63. The fourth-order valence-corrected chi connectivity index (χ4v) is 8.72. The summed E-state index contributed by atoms with van der Waals surface area (Å²) in [5, 5.41) is 24.7. The fourth-order valence-electron chi connectivity index (χ4n) is 8.51. The van der Waals surface area contributed by atoms with Gasteiger partial charge in [-0.1, -0.05) is 11.6 Å². The second-order valence-corrected chi connectivity index (χ2v) is 15.5. The highest BCUT2D eigenvalue weighted by Crippen LogP contribution is 2.33. The zero-order valence-corrected chi connectivity index (χ0v) is 31.5. The number of rotatable bonds is 9. The minimum absolute atomic E-state index is 0.0330. The maximum absolute atomic E-state index is 13.0. The highest BCUT2D eigenvalue weighted by Gasteiger charge is 2.30. The number of carbonyl (C=O) groups excluding carboxylic acids is 3. The predicted octanol–water partition coefficient (Wildman–Crippen LogP) is 5.47. The van der Waals surface area contributed by atoms with Crippen molar-refractivity contribution < 1.29 is 19.1 Å². The molecule has 4 amide bonds. The molecule has 4 aromatic rings. The summed E-state index contributed by atoms with van der Waals surface area (Å²) < 4.78 is 8.35. The van der Waals surface area contributed by atoms with Crippen LogP contribution in [0.2, 0.25) is 5.02 Å². The van der Waals surface area contributed by atoms with E-state index in [1.54, 1.807) is 35.4 Å². The number of urea groups is 1. The Balaban J connectivity index is 0.760. The number of amides is 4. The highest BCUT2D eigenvalue weighted by molar-refractivity contribution is 6.31. The molecule has 55 heavy (non-hydrogen) atoms. The van der Waals surface area contributed by atoms with Gasteiger partial charge in [0, 0.05) is 81.6 Å². The second-order valence-electron chi connectivity index (χ2n) is 15.1. The first-order valence-electron chi connectivity index (χ1n) is 19.4. The number of hydrogen-bond acceptors (Lipinski definition) is 10. The van der Waals surface area contributed by atoms with Gasteiger partial charge in [0.25, 0.3) is 5.91 Å². The molecule has 2 N–H and O–H groups in total. The van der Waals surface area contributed by atoms with Crippen LogP contribution >= 0.6 is 11.6 Å². The van der Waals surface area contributed by atoms with Crippen LogP contribution in [0.5, 0.6) is 5.75 Å². The molecule has 3 aromatic heterocycles. The van der Waals surface area contributed by atoms with Gasteiger partial charge in [-0.2, -0.15) is 5.26 Å². The van der Waals surface area contributed by atoms with Crippen molar-refractivity contribution in [3.8, 4) is 11.8 Å². The first-order valence-corrected chi connectivity index (χ1v) is 19.7. The van der Waals surface area contributed by atoms with E-state index in [1.807, 2.05) is 18.2 Å². The highest BCUT2D eigenvalue weighted by atomic mass is 35.5. The topological polar surface area (TPSA) is 162 Å². The molecule has 4 aliphatic rings. The average Bonchev–Trinajstić information content (AvgIpc) is 3.64. The Hall–Kier alpha value is -5.26. The molecule has 1 aliphatic carbocycles. The Labute approximate surface area is 324 Å². The number of benzene rings is 1. The Morgan fingerprint density at radius 2 is 1.75 bits per heavy atom. The first-order chi connectivity index (χ1) is 26.8. The molecular weight excluding hydrogens is 720 g/mol. The number of aromatic nitrogens is 4. The van der Waals surface area contributed by atoms with Gasteiger partial charge < -0.3 is 24.4 Å². The molecule has 1 saturated carbocycles. The van der Waals surface area contributed by atoms with Gasteiger partial charge in [-0.05, 0) is 93.7 Å². The monoisotopic (exact) mass is 764 g/mol. The van der Waals surface area contributed by atoms with E-state index in [-0.39, 0.29) is 36.4 Å². The van der Waals surface area contributed by atoms with E-state index in [2.05, 4.69) is 52.4 Å². The number of piperidine rings is 2. The number of halogens is 1. The number of anilines is 2. The lowest BCUT2D eigenvalue weighted by molar-refractivity contribution is -0.120. The normalized spacial score (nSPS) is 21.7. The summed E-state index contributed by atoms with van der Waals surface area (Å²) in [7, 11) is 0. The SMILES string of the molecule is N#Cc1ccc(OC2CCC(NC(=O)c3ccc(N4CCC(CN5CCC(n6ccc7c(N8CCC(=O)NC8=O)ccnc76)CC5)CC4)nn3)CC2)cc1Cl. The lowest BCUT2D eigenvalue weighted by atomic mass is 9.92. The van der Waals surface area contributed by atoms with Gasteiger partial charge in [0.2, 0.25) is 5.91 Å². The number of fused-ring (bicyclic) bond motifs is 1. The molecule has 1 aromatic carbocycles. The maximum atomic E-state index is 13.0. The van der Waals surface area contributed by atoms with Crippen LogP contribution in [-0.4, -0.2) is 93.9 Å². The number of nitriles is 1. The van der Waals surface area contributed by atoms with Crippen LogP contribution in [-0.2, 0) is 4.79 Å². The number of nitrogens with one attached hydrogen (secondary N) is 2. The van der Waals surface area contributed by atoms with Crippen molar-refractivity contribution in [2.24, 2.45) is 5.92 Å². The zero-order chi connectivity index (χ0) is 37.9. The Morgan fingerprint density at radius 3 is 2.45 bits per heavy atom. The summed E-state index contributed by atoms with van der Waals surface area (Å²) in [4.78, 5) is 48.4. The van der Waals surface area contributed by atoms with Gasteiger partial charge in [0.1, 0.15) is 17.5 Å². The molecule has 15 heteroatoms. The molecule has 4 fully saturated rings. The van der Waals surface area contributed by atoms with E-state index in [0.29, 0.717) is 40.5 Å². The lowest BCUT2D eigenvalue weighted by Crippen LogP contribution is -2.49. The van der Waals surface area contributed by atoms with Gasteiger partial charge in [-0.15, -0.1) is 10.2 Å². The van der Waals surface area contributed by atoms with E-state index >= 15 is 0 Å². The van der Waals surface area contributed by atoms with E-state index in [1.165, 1.54) is 0 Å². The minimum Gasteiger partial charge on any atom is -0.490 e. The molecule has 0 atom stereocenters. The van der Waals surface area contributed by atoms with Gasteiger partial charge in [-0.25, -0.2) is 9.78 Å². The molecule has 0 bridgehead atoms. The molecule has 3 aliphatic heterocycles. The number of pyridine rings is 1. The number of nitrogens with zero attached hydrogens (tertiary/aromatic N) is 8. The summed E-state index contributed by atoms with van der Waals surface area (Å²) in [6, 6.07) is 14.7. The van der Waals surface area contributed by atoms with Crippen molar-refractivity contribution in [3.63, 3.8) is 0 Å². The molecular formula is C40H45ClN10O4. The molecule has 3 saturated heterocycles. The van der Waals surface area contributed by atoms with Crippen molar-refractivity contribution in [1.29, 1.82) is 5.26 Å². The quantitative estimate of drug-likeness (QED) is 0.224. The number of carbonyl (C=O) groups is 3. The van der Waals surface area contributed by atoms with Crippen molar-refractivity contribution in [1.82, 2.24) is 35.3 Å². The maximum Gasteiger partial charge on any atom is 0.328 e. The zero-order valence-electron chi connectivity index (χ0n) is 30.7. The van der Waals surface area contributed by atoms with Crippen LogP contribution in [0.25, 0.3) is 11.0 Å². The number of imide groups is 1. The molecule has 6 heterocycles. The third-order valence-corrected chi connectivity index (χ3v) is 11.9. The first kappa shape index (κ1) is 36.7. The van der Waals surface area contributed by atoms with Crippen LogP contribution in [0.15, 0.2) is 54.9 Å². The van der Waals surface area contributed by atoms with Crippen molar-refractivity contribution >= 4 is 52.0 Å². The summed E-state index contributed by atoms with van der Waals surface area (Å²) in [6.45, 7) is 5.33. The summed E-state index contributed by atoms with van der Waals surface area (Å²) in [5.41, 5.74) is 2.41. The Kier molecular flexibility index (Phi) is 10.8. The summed E-state index contributed by atoms with van der Waals surface area (Å²) >= 11 is 6.15. The van der Waals surface area contributed by atoms with Crippen molar-refractivity contribution in [2.75, 3.05) is 49.1 Å². The lowest BCUT2D eigenvalue weighted by Gasteiger charge is -2.38. The third-order valence-electron chi connectivity index (χ3n) is 11.6. The Morgan fingerprint density at radius 1 is 0.945 bits per heavy atom. The summed E-state index contributed by atoms with van der Waals surface area (Å²) in [6.07, 6.45) is 11.6. The van der Waals surface area contributed by atoms with Crippen LogP contribution in [0.1, 0.15) is 79.9 Å². The van der Waals surface area contributed by atoms with Crippen LogP contribution in [0.3, 0.4) is 0 Å². The minimum atomic E-state index is -0.381. The molecule has 0 unspecified atom stereocenters. The molecule has 14 nitrogen and oxygen atoms in total. The van der Waals surface area contributed by atoms with Crippen LogP contribution < -0.4 is 25.2 Å². The van der Waals surface area contributed by atoms with E-state index in [9.17, 15) is 14.4 Å². The van der Waals surface area contributed by atoms with Crippen molar-refractivity contribution in [3.05, 3.63) is 71.1 Å². The fraction of sp³-hybridized carbons (Fsp3) is 0.475. The smallest absolute Gasteiger partial charge is 0.328 e. The van der Waals surface area contributed by atoms with E-state index in [0.717, 1.165) is 107 Å². The van der Waals surface area contributed by atoms with Gasteiger partial charge >= 0.3 is 6.03 Å². The third kappa shape index (κ3) is 8.23. The van der Waals surface area contributed by atoms with Crippen molar-refractivity contribution in [2.45, 2.75) is 76.0 Å². The largest absolute Gasteiger partial charge is 0.490 e. The van der Waals surface area contributed by atoms with E-state index in [4.69, 9.17) is 21.6 Å². The number of ether oxygens (including phenoxy) is 1. The van der Waals surface area contributed by atoms with Crippen LogP contribution in [0.4, 0.5) is 16.3 Å².